The van der Waals surface area contributed by atoms with Crippen LogP contribution in [0.4, 0.5) is 0 Å². The van der Waals surface area contributed by atoms with Gasteiger partial charge in [0.15, 0.2) is 5.78 Å². The minimum absolute atomic E-state index is 0.0542. The summed E-state index contributed by atoms with van der Waals surface area (Å²) < 4.78 is 28.1. The van der Waals surface area contributed by atoms with Crippen LogP contribution >= 0.6 is 11.3 Å². The lowest BCUT2D eigenvalue weighted by Crippen LogP contribution is -2.29. The summed E-state index contributed by atoms with van der Waals surface area (Å²) >= 11 is 1.15. The molecule has 0 unspecified atom stereocenters. The molecule has 25 heavy (non-hydrogen) atoms. The molecule has 0 bridgehead atoms. The van der Waals surface area contributed by atoms with Gasteiger partial charge in [0.1, 0.15) is 4.21 Å². The molecule has 3 aromatic rings. The van der Waals surface area contributed by atoms with Crippen molar-refractivity contribution < 1.29 is 13.2 Å². The molecule has 0 spiro atoms. The molecular weight excluding hydrogens is 354 g/mol. The summed E-state index contributed by atoms with van der Waals surface area (Å²) in [4.78, 5) is 12.6. The van der Waals surface area contributed by atoms with Crippen LogP contribution in [0.1, 0.15) is 28.4 Å². The summed E-state index contributed by atoms with van der Waals surface area (Å²) in [6.45, 7) is 0. The third kappa shape index (κ3) is 4.42. The average molecular weight is 371 g/mol. The second kappa shape index (κ2) is 7.74. The molecule has 6 heteroatoms. The van der Waals surface area contributed by atoms with Crippen LogP contribution in [0.25, 0.3) is 0 Å². The number of carbonyl (C=O) groups excluding carboxylic acids is 1. The SMILES string of the molecule is O=C(C[C@@H](NS(=O)(=O)c1cccs1)c1ccccc1)c1ccccc1. The molecule has 0 radical (unpaired) electrons. The van der Waals surface area contributed by atoms with E-state index in [0.29, 0.717) is 5.56 Å². The van der Waals surface area contributed by atoms with Crippen LogP contribution in [-0.2, 0) is 10.0 Å². The van der Waals surface area contributed by atoms with Crippen molar-refractivity contribution in [1.82, 2.24) is 4.72 Å². The lowest BCUT2D eigenvalue weighted by molar-refractivity contribution is 0.0972. The third-order valence-electron chi connectivity index (χ3n) is 3.74. The Labute approximate surface area is 151 Å². The summed E-state index contributed by atoms with van der Waals surface area (Å²) in [6, 6.07) is 20.7. The molecule has 0 saturated carbocycles. The predicted molar refractivity (Wildman–Crippen MR) is 99.2 cm³/mol. The summed E-state index contributed by atoms with van der Waals surface area (Å²) in [5.74, 6) is -0.108. The Kier molecular flexibility index (Phi) is 5.43. The van der Waals surface area contributed by atoms with Gasteiger partial charge in [0.25, 0.3) is 10.0 Å². The van der Waals surface area contributed by atoms with Gasteiger partial charge < -0.3 is 0 Å². The third-order valence-corrected chi connectivity index (χ3v) is 6.61. The molecule has 0 aliphatic carbocycles. The molecule has 128 valence electrons. The maximum atomic E-state index is 12.6. The van der Waals surface area contributed by atoms with Crippen LogP contribution in [0.15, 0.2) is 82.4 Å². The van der Waals surface area contributed by atoms with Gasteiger partial charge in [-0.2, -0.15) is 0 Å². The highest BCUT2D eigenvalue weighted by Gasteiger charge is 2.24. The van der Waals surface area contributed by atoms with Gasteiger partial charge in [-0.25, -0.2) is 13.1 Å². The fourth-order valence-corrected chi connectivity index (χ4v) is 4.74. The molecular formula is C19H17NO3S2. The van der Waals surface area contributed by atoms with E-state index in [1.165, 1.54) is 0 Å². The van der Waals surface area contributed by atoms with E-state index in [1.807, 2.05) is 36.4 Å². The summed E-state index contributed by atoms with van der Waals surface area (Å²) in [7, 11) is -3.68. The fraction of sp³-hybridized carbons (Fsp3) is 0.105. The number of Topliss-reactive ketones (excluding diaryl/α,β-unsaturated/α-hetero) is 1. The lowest BCUT2D eigenvalue weighted by atomic mass is 9.99. The number of hydrogen-bond acceptors (Lipinski definition) is 4. The van der Waals surface area contributed by atoms with Gasteiger partial charge in [-0.1, -0.05) is 66.7 Å². The van der Waals surface area contributed by atoms with E-state index in [0.717, 1.165) is 16.9 Å². The minimum atomic E-state index is -3.68. The number of rotatable bonds is 7. The molecule has 1 N–H and O–H groups in total. The zero-order valence-electron chi connectivity index (χ0n) is 13.3. The van der Waals surface area contributed by atoms with Gasteiger partial charge in [0.05, 0.1) is 6.04 Å². The second-order valence-electron chi connectivity index (χ2n) is 5.51. The molecule has 0 fully saturated rings. The quantitative estimate of drug-likeness (QED) is 0.638. The topological polar surface area (TPSA) is 63.2 Å². The Bertz CT molecular complexity index is 921. The van der Waals surface area contributed by atoms with Gasteiger partial charge in [-0.15, -0.1) is 11.3 Å². The van der Waals surface area contributed by atoms with Crippen LogP contribution in [0.3, 0.4) is 0 Å². The van der Waals surface area contributed by atoms with E-state index in [4.69, 9.17) is 0 Å². The Morgan fingerprint density at radius 1 is 0.920 bits per heavy atom. The normalized spacial score (nSPS) is 12.6. The number of carbonyl (C=O) groups is 1. The smallest absolute Gasteiger partial charge is 0.250 e. The number of sulfonamides is 1. The van der Waals surface area contributed by atoms with Crippen LogP contribution < -0.4 is 4.72 Å². The van der Waals surface area contributed by atoms with Crippen molar-refractivity contribution in [2.45, 2.75) is 16.7 Å². The number of nitrogens with one attached hydrogen (secondary N) is 1. The average Bonchev–Trinajstić information content (AvgIpc) is 3.18. The van der Waals surface area contributed by atoms with E-state index in [2.05, 4.69) is 4.72 Å². The molecule has 4 nitrogen and oxygen atoms in total. The van der Waals surface area contributed by atoms with Crippen molar-refractivity contribution in [2.75, 3.05) is 0 Å². The second-order valence-corrected chi connectivity index (χ2v) is 8.40. The summed E-state index contributed by atoms with van der Waals surface area (Å²) in [5.41, 5.74) is 1.32. The Hall–Kier alpha value is -2.28. The first kappa shape index (κ1) is 17.5. The van der Waals surface area contributed by atoms with Gasteiger partial charge in [0, 0.05) is 12.0 Å². The van der Waals surface area contributed by atoms with Gasteiger partial charge in [-0.3, -0.25) is 4.79 Å². The van der Waals surface area contributed by atoms with Crippen molar-refractivity contribution in [1.29, 1.82) is 0 Å². The van der Waals surface area contributed by atoms with Gasteiger partial charge >= 0.3 is 0 Å². The maximum absolute atomic E-state index is 12.6. The first-order valence-electron chi connectivity index (χ1n) is 7.75. The van der Waals surface area contributed by atoms with E-state index >= 15 is 0 Å². The molecule has 0 aliphatic heterocycles. The van der Waals surface area contributed by atoms with Crippen LogP contribution in [0.5, 0.6) is 0 Å². The van der Waals surface area contributed by atoms with Crippen molar-refractivity contribution in [3.63, 3.8) is 0 Å². The number of hydrogen-bond donors (Lipinski definition) is 1. The minimum Gasteiger partial charge on any atom is -0.294 e. The lowest BCUT2D eigenvalue weighted by Gasteiger charge is -2.18. The Balaban J connectivity index is 1.87. The highest BCUT2D eigenvalue weighted by Crippen LogP contribution is 2.24. The Morgan fingerprint density at radius 3 is 2.16 bits per heavy atom. The molecule has 1 aromatic heterocycles. The molecule has 2 aromatic carbocycles. The predicted octanol–water partition coefficient (Wildman–Crippen LogP) is 4.04. The van der Waals surface area contributed by atoms with E-state index < -0.39 is 16.1 Å². The fourth-order valence-electron chi connectivity index (χ4n) is 2.50. The first-order valence-corrected chi connectivity index (χ1v) is 10.1. The molecule has 0 amide bonds. The summed E-state index contributed by atoms with van der Waals surface area (Å²) in [6.07, 6.45) is 0.0542. The largest absolute Gasteiger partial charge is 0.294 e. The number of thiophene rings is 1. The monoisotopic (exact) mass is 371 g/mol. The zero-order valence-corrected chi connectivity index (χ0v) is 15.0. The molecule has 1 heterocycles. The van der Waals surface area contributed by atoms with Crippen LogP contribution in [0, 0.1) is 0 Å². The molecule has 0 saturated heterocycles. The highest BCUT2D eigenvalue weighted by molar-refractivity contribution is 7.91. The van der Waals surface area contributed by atoms with E-state index in [1.54, 1.807) is 41.8 Å². The van der Waals surface area contributed by atoms with E-state index in [9.17, 15) is 13.2 Å². The van der Waals surface area contributed by atoms with Crippen molar-refractivity contribution in [3.05, 3.63) is 89.3 Å². The van der Waals surface area contributed by atoms with Gasteiger partial charge in [-0.05, 0) is 17.0 Å². The van der Waals surface area contributed by atoms with Crippen LogP contribution in [0.2, 0.25) is 0 Å². The zero-order chi connectivity index (χ0) is 17.7. The first-order chi connectivity index (χ1) is 12.1. The van der Waals surface area contributed by atoms with Gasteiger partial charge in [0.2, 0.25) is 0 Å². The number of benzene rings is 2. The van der Waals surface area contributed by atoms with Crippen molar-refractivity contribution in [2.24, 2.45) is 0 Å². The van der Waals surface area contributed by atoms with Crippen molar-refractivity contribution in [3.8, 4) is 0 Å². The molecule has 0 aliphatic rings. The van der Waals surface area contributed by atoms with Crippen molar-refractivity contribution >= 4 is 27.1 Å². The summed E-state index contributed by atoms with van der Waals surface area (Å²) in [5, 5.41) is 1.71. The van der Waals surface area contributed by atoms with E-state index in [-0.39, 0.29) is 16.4 Å². The van der Waals surface area contributed by atoms with Crippen LogP contribution in [-0.4, -0.2) is 14.2 Å². The maximum Gasteiger partial charge on any atom is 0.250 e. The number of ketones is 1. The standard InChI is InChI=1S/C19H17NO3S2/c21-18(16-10-5-2-6-11-16)14-17(15-8-3-1-4-9-15)20-25(22,23)19-12-7-13-24-19/h1-13,17,20H,14H2/t17-/m1/s1. The molecule has 1 atom stereocenters. The molecule has 3 rings (SSSR count). The Morgan fingerprint density at radius 2 is 1.56 bits per heavy atom. The highest BCUT2D eigenvalue weighted by atomic mass is 32.2.